The van der Waals surface area contributed by atoms with Gasteiger partial charge in [0.25, 0.3) is 11.8 Å². The highest BCUT2D eigenvalue weighted by atomic mass is 35.5. The molecule has 1 aromatic rings. The second-order valence-corrected chi connectivity index (χ2v) is 12.3. The fourth-order valence-electron chi connectivity index (χ4n) is 3.99. The van der Waals surface area contributed by atoms with Gasteiger partial charge in [0.2, 0.25) is 0 Å². The van der Waals surface area contributed by atoms with Crippen molar-refractivity contribution in [1.82, 2.24) is 5.06 Å². The molecule has 0 N–H and O–H groups in total. The fraction of sp³-hybridized carbons (Fsp3) is 0.524. The number of benzene rings is 1. The highest BCUT2D eigenvalue weighted by Crippen LogP contribution is 2.32. The molecule has 0 spiro atoms. The highest BCUT2D eigenvalue weighted by Gasteiger charge is 2.34. The van der Waals surface area contributed by atoms with Gasteiger partial charge in [-0.05, 0) is 46.7 Å². The Bertz CT molecular complexity index is 910. The molecule has 1 saturated heterocycles. The summed E-state index contributed by atoms with van der Waals surface area (Å²) in [7, 11) is -0.397. The molecule has 0 radical (unpaired) electrons. The van der Waals surface area contributed by atoms with Crippen LogP contribution in [0.15, 0.2) is 0 Å². The summed E-state index contributed by atoms with van der Waals surface area (Å²) in [4.78, 5) is 53.7. The lowest BCUT2D eigenvalue weighted by atomic mass is 9.78. The quantitative estimate of drug-likeness (QED) is 0.236. The van der Waals surface area contributed by atoms with Crippen LogP contribution in [0.25, 0.3) is 0 Å². The maximum Gasteiger partial charge on any atom is 0.333 e. The number of amides is 2. The number of imide groups is 1. The van der Waals surface area contributed by atoms with E-state index in [4.69, 9.17) is 20.6 Å². The predicted molar refractivity (Wildman–Crippen MR) is 124 cm³/mol. The number of carbonyl (C=O) groups is 4. The van der Waals surface area contributed by atoms with Crippen molar-refractivity contribution in [3.8, 4) is 0 Å². The first-order chi connectivity index (χ1) is 14.4. The number of alkyl halides is 1. The number of ketones is 1. The van der Waals surface area contributed by atoms with Gasteiger partial charge < -0.3 is 8.95 Å². The number of halogens is 1. The number of hydrogen-bond donors (Lipinski definition) is 0. The van der Waals surface area contributed by atoms with Gasteiger partial charge in [0.15, 0.2) is 15.5 Å². The van der Waals surface area contributed by atoms with Crippen LogP contribution < -0.4 is 5.19 Å². The van der Waals surface area contributed by atoms with E-state index in [1.165, 1.54) is 0 Å². The third-order valence-electron chi connectivity index (χ3n) is 5.49. The van der Waals surface area contributed by atoms with Crippen LogP contribution in [0.4, 0.5) is 0 Å². The first-order valence-corrected chi connectivity index (χ1v) is 12.9. The second-order valence-electron chi connectivity index (χ2n) is 8.74. The van der Waals surface area contributed by atoms with E-state index in [1.807, 2.05) is 13.8 Å². The Hall–Kier alpha value is -1.82. The zero-order valence-corrected chi connectivity index (χ0v) is 23.2. The first kappa shape index (κ1) is 25.4. The molecule has 1 fully saturated rings. The number of hydrogen-bond acceptors (Lipinski definition) is 6. The van der Waals surface area contributed by atoms with Gasteiger partial charge in [-0.3, -0.25) is 14.4 Å². The topological polar surface area (TPSA) is 90.0 Å². The van der Waals surface area contributed by atoms with Gasteiger partial charge >= 0.3 is 5.97 Å². The molecule has 0 atom stereocenters. The van der Waals surface area contributed by atoms with Crippen LogP contribution in [0.2, 0.25) is 0 Å². The van der Waals surface area contributed by atoms with Crippen molar-refractivity contribution in [2.45, 2.75) is 71.6 Å². The Morgan fingerprint density at radius 3 is 2.16 bits per heavy atom. The van der Waals surface area contributed by atoms with Gasteiger partial charge in [-0.25, -0.2) is 4.79 Å². The van der Waals surface area contributed by atoms with Crippen molar-refractivity contribution in [3.05, 3.63) is 27.8 Å². The van der Waals surface area contributed by atoms with Gasteiger partial charge in [-0.2, -0.15) is 0 Å². The van der Waals surface area contributed by atoms with Gasteiger partial charge in [0.1, 0.15) is 10.5 Å². The molecule has 170 valence electrons. The fourth-order valence-corrected chi connectivity index (χ4v) is 6.82. The molecule has 1 aliphatic rings. The van der Waals surface area contributed by atoms with Gasteiger partial charge in [0, 0.05) is 30.7 Å². The van der Waals surface area contributed by atoms with E-state index in [2.05, 4.69) is 20.8 Å². The lowest BCUT2D eigenvalue weighted by molar-refractivity contribution is -0.197. The summed E-state index contributed by atoms with van der Waals surface area (Å²) in [6, 6.07) is 0. The third-order valence-corrected chi connectivity index (χ3v) is 8.09. The average Bonchev–Trinajstić information content (AvgIpc) is 2.99. The van der Waals surface area contributed by atoms with Crippen molar-refractivity contribution >= 4 is 60.6 Å². The minimum atomic E-state index is -1.02. The summed E-state index contributed by atoms with van der Waals surface area (Å²) >= 11 is 6.23. The zero-order valence-electron chi connectivity index (χ0n) is 19.0. The SMILES string of the molecule is Cc1c(CCl)c(C)c(C(=O)CCC(=O)ON2C(=O)CCC2=O)c(C(C)(C)C)c1[SiH2]O[SiH3]. The Labute approximate surface area is 193 Å². The van der Waals surface area contributed by atoms with Crippen LogP contribution in [0.1, 0.15) is 79.1 Å². The van der Waals surface area contributed by atoms with Crippen LogP contribution in [-0.2, 0) is 34.6 Å². The van der Waals surface area contributed by atoms with Gasteiger partial charge in [-0.15, -0.1) is 16.7 Å². The molecule has 0 unspecified atom stereocenters. The summed E-state index contributed by atoms with van der Waals surface area (Å²) in [5.74, 6) is -1.77. The number of hydroxylamine groups is 2. The zero-order chi connectivity index (χ0) is 23.5. The molecule has 31 heavy (non-hydrogen) atoms. The highest BCUT2D eigenvalue weighted by molar-refractivity contribution is 6.52. The Balaban J connectivity index is 2.36. The number of rotatable bonds is 8. The van der Waals surface area contributed by atoms with Crippen LogP contribution in [0, 0.1) is 13.8 Å². The van der Waals surface area contributed by atoms with Crippen LogP contribution >= 0.6 is 11.6 Å². The molecule has 0 bridgehead atoms. The smallest absolute Gasteiger partial charge is 0.333 e. The van der Waals surface area contributed by atoms with E-state index in [9.17, 15) is 19.2 Å². The molecule has 2 amide bonds. The summed E-state index contributed by atoms with van der Waals surface area (Å²) in [6.07, 6.45) is -0.267. The molecule has 2 rings (SSSR count). The minimum Gasteiger partial charge on any atom is -0.465 e. The summed E-state index contributed by atoms with van der Waals surface area (Å²) < 4.78 is 5.69. The normalized spacial score (nSPS) is 14.8. The number of nitrogens with zero attached hydrogens (tertiary/aromatic N) is 1. The van der Waals surface area contributed by atoms with Crippen LogP contribution in [0.5, 0.6) is 0 Å². The lowest BCUT2D eigenvalue weighted by Crippen LogP contribution is -2.36. The molecule has 1 aliphatic heterocycles. The molecule has 1 heterocycles. The van der Waals surface area contributed by atoms with E-state index in [0.717, 1.165) is 27.4 Å². The molecular weight excluding hydrogens is 454 g/mol. The maximum absolute atomic E-state index is 13.3. The Kier molecular flexibility index (Phi) is 8.37. The molecule has 0 aromatic heterocycles. The van der Waals surface area contributed by atoms with Crippen molar-refractivity contribution in [2.24, 2.45) is 0 Å². The van der Waals surface area contributed by atoms with Crippen molar-refractivity contribution in [1.29, 1.82) is 0 Å². The molecule has 0 saturated carbocycles. The molecule has 1 aromatic carbocycles. The van der Waals surface area contributed by atoms with Crippen LogP contribution in [0.3, 0.4) is 0 Å². The van der Waals surface area contributed by atoms with E-state index in [1.54, 1.807) is 0 Å². The number of Topliss-reactive ketones (excluding diaryl/α,β-unsaturated/α-hetero) is 1. The summed E-state index contributed by atoms with van der Waals surface area (Å²) in [5, 5.41) is 1.60. The van der Waals surface area contributed by atoms with Crippen molar-refractivity contribution in [3.63, 3.8) is 0 Å². The summed E-state index contributed by atoms with van der Waals surface area (Å²) in [5.41, 5.74) is 4.09. The van der Waals surface area contributed by atoms with Gasteiger partial charge in [-0.1, -0.05) is 20.8 Å². The maximum atomic E-state index is 13.3. The Morgan fingerprint density at radius 2 is 1.68 bits per heavy atom. The average molecular weight is 484 g/mol. The standard InChI is InChI=1S/C21H30ClNO6Si2/c1-11-13(10-22)12(2)20(31-29-30)19(21(3,4)5)18(11)14(24)6-9-17(27)28-23-15(25)7-8-16(23)26/h6-10,31H2,1-5,30H3. The van der Waals surface area contributed by atoms with Crippen molar-refractivity contribution < 1.29 is 28.1 Å². The summed E-state index contributed by atoms with van der Waals surface area (Å²) in [6.45, 7) is 10.1. The first-order valence-electron chi connectivity index (χ1n) is 10.2. The van der Waals surface area contributed by atoms with Gasteiger partial charge in [0.05, 0.1) is 6.42 Å². The van der Waals surface area contributed by atoms with E-state index in [0.29, 0.717) is 21.1 Å². The van der Waals surface area contributed by atoms with E-state index < -0.39 is 27.5 Å². The minimum absolute atomic E-state index is 0.0266. The van der Waals surface area contributed by atoms with E-state index in [-0.39, 0.29) is 42.8 Å². The largest absolute Gasteiger partial charge is 0.465 e. The third kappa shape index (κ3) is 5.52. The second kappa shape index (κ2) is 10.2. The molecule has 0 aliphatic carbocycles. The predicted octanol–water partition coefficient (Wildman–Crippen LogP) is 0.916. The Morgan fingerprint density at radius 1 is 1.10 bits per heavy atom. The van der Waals surface area contributed by atoms with Crippen molar-refractivity contribution in [2.75, 3.05) is 0 Å². The molecule has 10 heteroatoms. The lowest BCUT2D eigenvalue weighted by Gasteiger charge is -2.30. The monoisotopic (exact) mass is 483 g/mol. The molecule has 7 nitrogen and oxygen atoms in total. The van der Waals surface area contributed by atoms with E-state index >= 15 is 0 Å². The molecular formula is C21H30ClNO6Si2. The van der Waals surface area contributed by atoms with Crippen LogP contribution in [-0.4, -0.2) is 48.9 Å². The number of carbonyl (C=O) groups excluding carboxylic acids is 4.